The molecule has 4 N–H and O–H groups in total. The predicted molar refractivity (Wildman–Crippen MR) is 50.9 cm³/mol. The number of hydrogen-bond donors (Lipinski definition) is 4. The Hall–Kier alpha value is -0.240. The highest BCUT2D eigenvalue weighted by Gasteiger charge is 1.87. The van der Waals surface area contributed by atoms with Crippen LogP contribution in [0.4, 0.5) is 0 Å². The molecule has 0 aromatic heterocycles. The van der Waals surface area contributed by atoms with Crippen molar-refractivity contribution in [3.05, 3.63) is 0 Å². The van der Waals surface area contributed by atoms with E-state index in [2.05, 4.69) is 21.4 Å². The van der Waals surface area contributed by atoms with E-state index in [1.54, 1.807) is 0 Å². The monoisotopic (exact) mass is 192 g/mol. The van der Waals surface area contributed by atoms with E-state index in [0.717, 1.165) is 6.67 Å². The molecular weight excluding hydrogens is 172 g/mol. The molecule has 0 spiro atoms. The maximum absolute atomic E-state index is 5.18. The number of hydrogen-bond acceptors (Lipinski definition) is 6. The Morgan fingerprint density at radius 2 is 1.77 bits per heavy atom. The van der Waals surface area contributed by atoms with E-state index in [9.17, 15) is 0 Å². The predicted octanol–water partition coefficient (Wildman–Crippen LogP) is -1.57. The van der Waals surface area contributed by atoms with Gasteiger partial charge in [-0.3, -0.25) is 10.2 Å². The zero-order chi connectivity index (χ0) is 9.78. The lowest BCUT2D eigenvalue weighted by Crippen LogP contribution is -2.30. The molecular formula is C7H20N4O2. The van der Waals surface area contributed by atoms with Crippen molar-refractivity contribution in [3.63, 3.8) is 0 Å². The first-order chi connectivity index (χ1) is 6.41. The van der Waals surface area contributed by atoms with Crippen molar-refractivity contribution in [1.82, 2.24) is 21.4 Å². The van der Waals surface area contributed by atoms with Gasteiger partial charge in [0.2, 0.25) is 0 Å². The first-order valence-corrected chi connectivity index (χ1v) is 4.34. The first-order valence-electron chi connectivity index (χ1n) is 4.34. The summed E-state index contributed by atoms with van der Waals surface area (Å²) in [6, 6.07) is 0. The van der Waals surface area contributed by atoms with Crippen molar-refractivity contribution >= 4 is 0 Å². The molecule has 0 aliphatic carbocycles. The van der Waals surface area contributed by atoms with Gasteiger partial charge < -0.3 is 15.4 Å². The molecule has 13 heavy (non-hydrogen) atoms. The molecule has 0 radical (unpaired) electrons. The Labute approximate surface area is 79.3 Å². The largest absolute Gasteiger partial charge is 0.364 e. The van der Waals surface area contributed by atoms with Crippen LogP contribution in [-0.2, 0) is 9.57 Å². The normalized spacial score (nSPS) is 10.6. The third kappa shape index (κ3) is 11.8. The minimum atomic E-state index is 0.538. The van der Waals surface area contributed by atoms with Gasteiger partial charge in [-0.25, -0.2) is 0 Å². The lowest BCUT2D eigenvalue weighted by atomic mass is 10.8. The number of ether oxygens (including phenoxy) is 1. The van der Waals surface area contributed by atoms with Crippen LogP contribution in [0.25, 0.3) is 0 Å². The minimum absolute atomic E-state index is 0.538. The highest BCUT2D eigenvalue weighted by molar-refractivity contribution is 4.32. The van der Waals surface area contributed by atoms with Crippen LogP contribution in [0.1, 0.15) is 0 Å². The van der Waals surface area contributed by atoms with Gasteiger partial charge in [0.15, 0.2) is 0 Å². The van der Waals surface area contributed by atoms with Crippen LogP contribution >= 0.6 is 0 Å². The van der Waals surface area contributed by atoms with Crippen molar-refractivity contribution in [2.75, 3.05) is 47.4 Å². The smallest absolute Gasteiger partial charge is 0.0976 e. The van der Waals surface area contributed by atoms with Crippen LogP contribution in [0, 0.1) is 0 Å². The van der Waals surface area contributed by atoms with Crippen LogP contribution < -0.4 is 21.4 Å². The van der Waals surface area contributed by atoms with Gasteiger partial charge in [0, 0.05) is 6.67 Å². The summed E-state index contributed by atoms with van der Waals surface area (Å²) in [5.74, 6) is 0. The molecule has 80 valence electrons. The summed E-state index contributed by atoms with van der Waals surface area (Å²) in [5, 5.41) is 8.85. The average molecular weight is 192 g/mol. The maximum atomic E-state index is 5.18. The number of rotatable bonds is 10. The summed E-state index contributed by atoms with van der Waals surface area (Å²) in [4.78, 5) is 5.00. The molecule has 0 saturated heterocycles. The number of hydroxylamine groups is 1. The fraction of sp³-hybridized carbons (Fsp3) is 1.00. The zero-order valence-electron chi connectivity index (χ0n) is 8.35. The zero-order valence-corrected chi connectivity index (χ0v) is 8.35. The van der Waals surface area contributed by atoms with Gasteiger partial charge in [-0.2, -0.15) is 5.48 Å². The standard InChI is InChI=1S/C7H20N4O2/c1-8-5-10-7-12-3-4-13-11-6-9-2/h8-11H,3-7H2,1-2H3. The van der Waals surface area contributed by atoms with Crippen LogP contribution in [0.5, 0.6) is 0 Å². The van der Waals surface area contributed by atoms with E-state index < -0.39 is 0 Å². The lowest BCUT2D eigenvalue weighted by Gasteiger charge is -2.06. The Morgan fingerprint density at radius 1 is 1.00 bits per heavy atom. The van der Waals surface area contributed by atoms with Crippen molar-refractivity contribution < 1.29 is 9.57 Å². The maximum Gasteiger partial charge on any atom is 0.0976 e. The van der Waals surface area contributed by atoms with Crippen LogP contribution in [0.15, 0.2) is 0 Å². The molecule has 0 aliphatic heterocycles. The van der Waals surface area contributed by atoms with Crippen LogP contribution in [0.2, 0.25) is 0 Å². The van der Waals surface area contributed by atoms with Gasteiger partial charge >= 0.3 is 0 Å². The summed E-state index contributed by atoms with van der Waals surface area (Å²) in [7, 11) is 3.71. The molecule has 0 atom stereocenters. The Kier molecular flexibility index (Phi) is 11.5. The van der Waals surface area contributed by atoms with E-state index in [4.69, 9.17) is 9.57 Å². The second-order valence-electron chi connectivity index (χ2n) is 2.36. The van der Waals surface area contributed by atoms with E-state index in [1.165, 1.54) is 0 Å². The SMILES string of the molecule is CNCNCOCCONCNC. The summed E-state index contributed by atoms with van der Waals surface area (Å²) in [6.07, 6.45) is 0. The molecule has 0 amide bonds. The Morgan fingerprint density at radius 3 is 2.46 bits per heavy atom. The summed E-state index contributed by atoms with van der Waals surface area (Å²) in [6.45, 7) is 3.05. The summed E-state index contributed by atoms with van der Waals surface area (Å²) in [5.41, 5.74) is 2.71. The quantitative estimate of drug-likeness (QED) is 0.190. The molecule has 6 nitrogen and oxygen atoms in total. The van der Waals surface area contributed by atoms with E-state index in [0.29, 0.717) is 26.6 Å². The lowest BCUT2D eigenvalue weighted by molar-refractivity contribution is -0.0101. The third-order valence-corrected chi connectivity index (χ3v) is 1.19. The van der Waals surface area contributed by atoms with Crippen LogP contribution in [-0.4, -0.2) is 47.4 Å². The highest BCUT2D eigenvalue weighted by atomic mass is 16.7. The summed E-state index contributed by atoms with van der Waals surface area (Å²) >= 11 is 0. The second-order valence-corrected chi connectivity index (χ2v) is 2.36. The van der Waals surface area contributed by atoms with Gasteiger partial charge in [-0.15, -0.1) is 0 Å². The van der Waals surface area contributed by atoms with Gasteiger partial charge in [0.25, 0.3) is 0 Å². The first kappa shape index (κ1) is 12.8. The van der Waals surface area contributed by atoms with E-state index in [-0.39, 0.29) is 0 Å². The Balaban J connectivity index is 2.76. The van der Waals surface area contributed by atoms with Gasteiger partial charge in [0.05, 0.1) is 26.6 Å². The Bertz CT molecular complexity index is 84.6. The molecule has 0 bridgehead atoms. The van der Waals surface area contributed by atoms with Crippen molar-refractivity contribution in [2.24, 2.45) is 0 Å². The molecule has 0 saturated carbocycles. The molecule has 0 fully saturated rings. The molecule has 0 rings (SSSR count). The number of nitrogens with one attached hydrogen (secondary N) is 4. The second kappa shape index (κ2) is 11.8. The fourth-order valence-corrected chi connectivity index (χ4v) is 0.616. The third-order valence-electron chi connectivity index (χ3n) is 1.19. The van der Waals surface area contributed by atoms with Crippen LogP contribution in [0.3, 0.4) is 0 Å². The molecule has 0 aromatic rings. The minimum Gasteiger partial charge on any atom is -0.364 e. The van der Waals surface area contributed by atoms with Gasteiger partial charge in [-0.05, 0) is 14.1 Å². The van der Waals surface area contributed by atoms with E-state index in [1.807, 2.05) is 14.1 Å². The summed E-state index contributed by atoms with van der Waals surface area (Å²) < 4.78 is 5.18. The molecule has 0 aliphatic rings. The molecule has 6 heteroatoms. The molecule has 0 heterocycles. The molecule has 0 unspecified atom stereocenters. The molecule has 0 aromatic carbocycles. The van der Waals surface area contributed by atoms with Gasteiger partial charge in [-0.1, -0.05) is 0 Å². The van der Waals surface area contributed by atoms with Gasteiger partial charge in [0.1, 0.15) is 0 Å². The van der Waals surface area contributed by atoms with Crippen molar-refractivity contribution in [1.29, 1.82) is 0 Å². The average Bonchev–Trinajstić information content (AvgIpc) is 2.16. The topological polar surface area (TPSA) is 66.6 Å². The highest BCUT2D eigenvalue weighted by Crippen LogP contribution is 1.72. The van der Waals surface area contributed by atoms with Crippen molar-refractivity contribution in [3.8, 4) is 0 Å². The van der Waals surface area contributed by atoms with Crippen molar-refractivity contribution in [2.45, 2.75) is 0 Å². The fourth-order valence-electron chi connectivity index (χ4n) is 0.616. The van der Waals surface area contributed by atoms with E-state index >= 15 is 0 Å².